The number of benzene rings is 2. The van der Waals surface area contributed by atoms with Gasteiger partial charge in [0.15, 0.2) is 11.5 Å². The molecule has 1 unspecified atom stereocenters. The first-order valence-corrected chi connectivity index (χ1v) is 9.06. The van der Waals surface area contributed by atoms with E-state index in [9.17, 15) is 19.1 Å². The highest BCUT2D eigenvalue weighted by molar-refractivity contribution is 6.20. The number of aliphatic hydroxyl groups excluding tert-OH is 1. The van der Waals surface area contributed by atoms with Crippen LogP contribution >= 0.6 is 0 Å². The molecule has 3 aromatic rings. The molecule has 1 aliphatic rings. The van der Waals surface area contributed by atoms with Crippen LogP contribution in [-0.4, -0.2) is 16.8 Å². The quantitative estimate of drug-likeness (QED) is 0.648. The predicted molar refractivity (Wildman–Crippen MR) is 105 cm³/mol. The first-order valence-electron chi connectivity index (χ1n) is 9.06. The smallest absolute Gasteiger partial charge is 0.294 e. The first kappa shape index (κ1) is 18.7. The van der Waals surface area contributed by atoms with Crippen molar-refractivity contribution < 1.29 is 23.5 Å². The molecular weight excluding hydrogens is 373 g/mol. The maximum absolute atomic E-state index is 13.5. The van der Waals surface area contributed by atoms with Crippen molar-refractivity contribution in [1.82, 2.24) is 0 Å². The van der Waals surface area contributed by atoms with E-state index in [-0.39, 0.29) is 11.3 Å². The second-order valence-corrected chi connectivity index (χ2v) is 6.97. The fourth-order valence-electron chi connectivity index (χ4n) is 3.48. The zero-order valence-corrected chi connectivity index (χ0v) is 15.8. The van der Waals surface area contributed by atoms with Gasteiger partial charge in [-0.05, 0) is 66.9 Å². The predicted octanol–water partition coefficient (Wildman–Crippen LogP) is 4.82. The van der Waals surface area contributed by atoms with E-state index < -0.39 is 29.3 Å². The topological polar surface area (TPSA) is 70.8 Å². The largest absolute Gasteiger partial charge is 0.503 e. The van der Waals surface area contributed by atoms with Gasteiger partial charge >= 0.3 is 0 Å². The van der Waals surface area contributed by atoms with Crippen molar-refractivity contribution in [3.8, 4) is 0 Å². The summed E-state index contributed by atoms with van der Waals surface area (Å²) in [6, 6.07) is 13.0. The van der Waals surface area contributed by atoms with Gasteiger partial charge in [0.2, 0.25) is 5.78 Å². The van der Waals surface area contributed by atoms with Crippen LogP contribution in [0.15, 0.2) is 76.6 Å². The number of halogens is 1. The van der Waals surface area contributed by atoms with Gasteiger partial charge in [0.05, 0.1) is 17.9 Å². The molecule has 1 N–H and O–H groups in total. The average Bonchev–Trinajstić information content (AvgIpc) is 3.32. The molecule has 2 aromatic carbocycles. The Morgan fingerprint density at radius 2 is 1.79 bits per heavy atom. The Labute approximate surface area is 166 Å². The Balaban J connectivity index is 1.89. The van der Waals surface area contributed by atoms with E-state index >= 15 is 0 Å². The minimum absolute atomic E-state index is 0.00778. The molecule has 1 amide bonds. The van der Waals surface area contributed by atoms with E-state index in [1.54, 1.807) is 12.1 Å². The lowest BCUT2D eigenvalue weighted by molar-refractivity contribution is -0.117. The molecule has 0 radical (unpaired) electrons. The minimum Gasteiger partial charge on any atom is -0.503 e. The van der Waals surface area contributed by atoms with Crippen LogP contribution in [-0.2, 0) is 4.79 Å². The Kier molecular flexibility index (Phi) is 4.54. The number of nitrogens with zero attached hydrogens (tertiary/aromatic N) is 1. The highest BCUT2D eigenvalue weighted by atomic mass is 19.1. The summed E-state index contributed by atoms with van der Waals surface area (Å²) in [5, 5.41) is 10.6. The Bertz CT molecular complexity index is 1130. The Morgan fingerprint density at radius 3 is 2.41 bits per heavy atom. The van der Waals surface area contributed by atoms with Crippen molar-refractivity contribution >= 4 is 17.4 Å². The van der Waals surface area contributed by atoms with Gasteiger partial charge in [-0.1, -0.05) is 18.2 Å². The third-order valence-corrected chi connectivity index (χ3v) is 5.15. The van der Waals surface area contributed by atoms with Crippen molar-refractivity contribution in [2.24, 2.45) is 0 Å². The van der Waals surface area contributed by atoms with Crippen LogP contribution in [0.25, 0.3) is 0 Å². The summed E-state index contributed by atoms with van der Waals surface area (Å²) in [6.45, 7) is 3.86. The molecule has 1 aliphatic heterocycles. The van der Waals surface area contributed by atoms with Crippen LogP contribution in [0.4, 0.5) is 10.1 Å². The van der Waals surface area contributed by atoms with E-state index in [1.807, 2.05) is 26.0 Å². The number of Topliss-reactive ketones (excluding diaryl/α,β-unsaturated/α-hetero) is 1. The van der Waals surface area contributed by atoms with Crippen molar-refractivity contribution in [3.05, 3.63) is 100 Å². The number of hydrogen-bond donors (Lipinski definition) is 1. The molecule has 0 aliphatic carbocycles. The Hall–Kier alpha value is -3.67. The zero-order valence-electron chi connectivity index (χ0n) is 15.8. The molecule has 1 aromatic heterocycles. The molecule has 0 saturated heterocycles. The average molecular weight is 391 g/mol. The lowest BCUT2D eigenvalue weighted by atomic mass is 9.94. The summed E-state index contributed by atoms with van der Waals surface area (Å²) in [5.41, 5.74) is 2.93. The van der Waals surface area contributed by atoms with Gasteiger partial charge in [-0.2, -0.15) is 0 Å². The third-order valence-electron chi connectivity index (χ3n) is 5.15. The fourth-order valence-corrected chi connectivity index (χ4v) is 3.48. The summed E-state index contributed by atoms with van der Waals surface area (Å²) in [7, 11) is 0. The number of amides is 1. The van der Waals surface area contributed by atoms with Gasteiger partial charge in [-0.25, -0.2) is 4.39 Å². The van der Waals surface area contributed by atoms with Crippen molar-refractivity contribution in [2.75, 3.05) is 4.90 Å². The number of furan rings is 1. The first-order chi connectivity index (χ1) is 13.9. The molecule has 0 fully saturated rings. The fraction of sp³-hybridized carbons (Fsp3) is 0.130. The molecule has 146 valence electrons. The number of aryl methyl sites for hydroxylation is 2. The number of carbonyl (C=O) groups is 2. The van der Waals surface area contributed by atoms with Crippen molar-refractivity contribution in [2.45, 2.75) is 19.9 Å². The summed E-state index contributed by atoms with van der Waals surface area (Å²) < 4.78 is 18.7. The van der Waals surface area contributed by atoms with Crippen LogP contribution in [0.1, 0.15) is 33.3 Å². The number of anilines is 1. The molecule has 5 nitrogen and oxygen atoms in total. The SMILES string of the molecule is Cc1ccc(N2C(=O)C(O)=C(C(=O)c3ccco3)C2c2ccc(F)cc2)cc1C. The van der Waals surface area contributed by atoms with Gasteiger partial charge in [-0.15, -0.1) is 0 Å². The number of rotatable bonds is 4. The lowest BCUT2D eigenvalue weighted by Crippen LogP contribution is -2.31. The van der Waals surface area contributed by atoms with E-state index in [0.717, 1.165) is 11.1 Å². The van der Waals surface area contributed by atoms with Crippen LogP contribution in [0, 0.1) is 19.7 Å². The van der Waals surface area contributed by atoms with Crippen LogP contribution in [0.3, 0.4) is 0 Å². The third kappa shape index (κ3) is 3.12. The maximum atomic E-state index is 13.5. The number of hydrogen-bond acceptors (Lipinski definition) is 4. The monoisotopic (exact) mass is 391 g/mol. The number of aliphatic hydroxyl groups is 1. The van der Waals surface area contributed by atoms with Crippen LogP contribution < -0.4 is 4.90 Å². The zero-order chi connectivity index (χ0) is 20.7. The lowest BCUT2D eigenvalue weighted by Gasteiger charge is -2.27. The van der Waals surface area contributed by atoms with Gasteiger partial charge < -0.3 is 9.52 Å². The van der Waals surface area contributed by atoms with Gasteiger partial charge in [0.1, 0.15) is 5.82 Å². The van der Waals surface area contributed by atoms with Crippen LogP contribution in [0.2, 0.25) is 0 Å². The molecule has 0 bridgehead atoms. The van der Waals surface area contributed by atoms with Gasteiger partial charge in [0, 0.05) is 5.69 Å². The summed E-state index contributed by atoms with van der Waals surface area (Å²) in [5.74, 6) is -2.37. The summed E-state index contributed by atoms with van der Waals surface area (Å²) in [6.07, 6.45) is 1.34. The van der Waals surface area contributed by atoms with Gasteiger partial charge in [0.25, 0.3) is 5.91 Å². The minimum atomic E-state index is -0.914. The second kappa shape index (κ2) is 7.05. The van der Waals surface area contributed by atoms with Crippen molar-refractivity contribution in [3.63, 3.8) is 0 Å². The van der Waals surface area contributed by atoms with E-state index in [4.69, 9.17) is 4.42 Å². The molecule has 2 heterocycles. The van der Waals surface area contributed by atoms with E-state index in [1.165, 1.54) is 41.5 Å². The highest BCUT2D eigenvalue weighted by Crippen LogP contribution is 2.42. The Morgan fingerprint density at radius 1 is 1.07 bits per heavy atom. The van der Waals surface area contributed by atoms with Crippen molar-refractivity contribution in [1.29, 1.82) is 0 Å². The van der Waals surface area contributed by atoms with Crippen LogP contribution in [0.5, 0.6) is 0 Å². The normalized spacial score (nSPS) is 16.6. The van der Waals surface area contributed by atoms with E-state index in [0.29, 0.717) is 11.3 Å². The molecular formula is C23H18FNO4. The standard InChI is InChI=1S/C23H18FNO4/c1-13-5-10-17(12-14(13)2)25-20(15-6-8-16(24)9-7-15)19(22(27)23(25)28)21(26)18-4-3-11-29-18/h3-12,20,27H,1-2H3. The summed E-state index contributed by atoms with van der Waals surface area (Å²) >= 11 is 0. The maximum Gasteiger partial charge on any atom is 0.294 e. The molecule has 0 saturated carbocycles. The number of ketones is 1. The number of carbonyl (C=O) groups excluding carboxylic acids is 2. The summed E-state index contributed by atoms with van der Waals surface area (Å²) in [4.78, 5) is 27.4. The second-order valence-electron chi connectivity index (χ2n) is 6.97. The highest BCUT2D eigenvalue weighted by Gasteiger charge is 2.45. The molecule has 1 atom stereocenters. The molecule has 0 spiro atoms. The molecule has 29 heavy (non-hydrogen) atoms. The molecule has 4 rings (SSSR count). The molecule has 6 heteroatoms. The van der Waals surface area contributed by atoms with Gasteiger partial charge in [-0.3, -0.25) is 14.5 Å². The van der Waals surface area contributed by atoms with E-state index in [2.05, 4.69) is 0 Å².